The van der Waals surface area contributed by atoms with Gasteiger partial charge in [0.15, 0.2) is 0 Å². The van der Waals surface area contributed by atoms with E-state index in [1.54, 1.807) is 12.1 Å². The van der Waals surface area contributed by atoms with E-state index in [0.717, 1.165) is 18.2 Å². The van der Waals surface area contributed by atoms with E-state index >= 15 is 0 Å². The maximum Gasteiger partial charge on any atom is 0.336 e. The zero-order valence-electron chi connectivity index (χ0n) is 17.4. The Kier molecular flexibility index (Phi) is 5.07. The van der Waals surface area contributed by atoms with Gasteiger partial charge in [0.2, 0.25) is 0 Å². The van der Waals surface area contributed by atoms with Crippen molar-refractivity contribution < 1.29 is 19.4 Å². The molecule has 1 aromatic carbocycles. The molecule has 1 fully saturated rings. The lowest BCUT2D eigenvalue weighted by molar-refractivity contribution is -0.147. The normalized spacial score (nSPS) is 34.5. The quantitative estimate of drug-likeness (QED) is 0.603. The highest BCUT2D eigenvalue weighted by atomic mass is 16.5. The van der Waals surface area contributed by atoms with Crippen LogP contribution in [0.5, 0.6) is 5.75 Å². The molecule has 2 aliphatic rings. The van der Waals surface area contributed by atoms with Crippen LogP contribution in [0.25, 0.3) is 11.0 Å². The number of ether oxygens (including phenoxy) is 1. The number of fused-ring (bicyclic) bond motifs is 2. The van der Waals surface area contributed by atoms with Crippen LogP contribution in [0.15, 0.2) is 51.2 Å². The Balaban J connectivity index is 1.60. The molecule has 0 spiro atoms. The standard InChI is InChI=1S/C24H30O5/c1-15-4-8-20-23(2,11-10-21(26)24(20,3)14-25)18(15)13-28-17-7-5-16-6-9-22(27)29-19(16)12-17/h4-7,9,12,18,20-21,25-26H,8,10-11,13-14H2,1-3H3/t18-,20+,21-,23-,24-/m1/s1. The third-order valence-electron chi connectivity index (χ3n) is 7.68. The largest absolute Gasteiger partial charge is 0.493 e. The van der Waals surface area contributed by atoms with Gasteiger partial charge in [0, 0.05) is 28.9 Å². The lowest BCUT2D eigenvalue weighted by Crippen LogP contribution is -2.57. The van der Waals surface area contributed by atoms with E-state index < -0.39 is 11.5 Å². The molecule has 2 N–H and O–H groups in total. The highest BCUT2D eigenvalue weighted by molar-refractivity contribution is 5.77. The molecule has 4 rings (SSSR count). The average molecular weight is 398 g/mol. The maximum absolute atomic E-state index is 11.5. The summed E-state index contributed by atoms with van der Waals surface area (Å²) >= 11 is 0. The predicted octanol–water partition coefficient (Wildman–Crippen LogP) is 3.91. The molecular weight excluding hydrogens is 368 g/mol. The third-order valence-corrected chi connectivity index (χ3v) is 7.68. The molecule has 2 aliphatic carbocycles. The summed E-state index contributed by atoms with van der Waals surface area (Å²) in [7, 11) is 0. The minimum absolute atomic E-state index is 0.0153. The lowest BCUT2D eigenvalue weighted by atomic mass is 9.47. The number of benzene rings is 1. The first-order valence-electron chi connectivity index (χ1n) is 10.4. The van der Waals surface area contributed by atoms with Crippen LogP contribution in [0.2, 0.25) is 0 Å². The van der Waals surface area contributed by atoms with Crippen molar-refractivity contribution in [1.82, 2.24) is 0 Å². The molecule has 0 unspecified atom stereocenters. The van der Waals surface area contributed by atoms with Crippen LogP contribution in [-0.2, 0) is 0 Å². The molecule has 2 aromatic rings. The van der Waals surface area contributed by atoms with E-state index in [1.807, 2.05) is 19.1 Å². The van der Waals surface area contributed by atoms with Gasteiger partial charge in [-0.2, -0.15) is 0 Å². The van der Waals surface area contributed by atoms with E-state index in [2.05, 4.69) is 19.9 Å². The Bertz CT molecular complexity index is 992. The van der Waals surface area contributed by atoms with E-state index in [0.29, 0.717) is 24.4 Å². The summed E-state index contributed by atoms with van der Waals surface area (Å²) in [4.78, 5) is 11.5. The van der Waals surface area contributed by atoms with Crippen LogP contribution < -0.4 is 10.4 Å². The molecule has 0 radical (unpaired) electrons. The van der Waals surface area contributed by atoms with Gasteiger partial charge in [0.25, 0.3) is 0 Å². The first-order chi connectivity index (χ1) is 13.8. The Morgan fingerprint density at radius 3 is 2.76 bits per heavy atom. The zero-order chi connectivity index (χ0) is 20.8. The first kappa shape index (κ1) is 20.2. The van der Waals surface area contributed by atoms with Crippen molar-refractivity contribution in [2.45, 2.75) is 46.1 Å². The Hall–Kier alpha value is -2.11. The Labute approximate surface area is 171 Å². The van der Waals surface area contributed by atoms with E-state index in [9.17, 15) is 15.0 Å². The molecule has 0 amide bonds. The topological polar surface area (TPSA) is 79.9 Å². The van der Waals surface area contributed by atoms with E-state index in [1.165, 1.54) is 11.6 Å². The van der Waals surface area contributed by atoms with Gasteiger partial charge in [0.05, 0.1) is 19.3 Å². The minimum Gasteiger partial charge on any atom is -0.493 e. The SMILES string of the molecule is CC1=CC[C@H]2[C@](C)(CC[C@@H](O)[C@]2(C)CO)[C@@H]1COc1ccc2ccc(=O)oc2c1. The van der Waals surface area contributed by atoms with Gasteiger partial charge in [-0.3, -0.25) is 0 Å². The highest BCUT2D eigenvalue weighted by Gasteiger charge is 2.57. The summed E-state index contributed by atoms with van der Waals surface area (Å²) < 4.78 is 11.5. The second-order valence-corrected chi connectivity index (χ2v) is 9.28. The van der Waals surface area contributed by atoms with Gasteiger partial charge in [-0.05, 0) is 55.7 Å². The van der Waals surface area contributed by atoms with Crippen molar-refractivity contribution in [1.29, 1.82) is 0 Å². The lowest BCUT2D eigenvalue weighted by Gasteiger charge is -2.58. The van der Waals surface area contributed by atoms with Crippen molar-refractivity contribution in [2.75, 3.05) is 13.2 Å². The van der Waals surface area contributed by atoms with Gasteiger partial charge in [-0.1, -0.05) is 25.5 Å². The molecule has 5 atom stereocenters. The fraction of sp³-hybridized carbons (Fsp3) is 0.542. The van der Waals surface area contributed by atoms with Gasteiger partial charge in [0.1, 0.15) is 11.3 Å². The van der Waals surface area contributed by atoms with Crippen molar-refractivity contribution in [3.05, 3.63) is 52.4 Å². The molecule has 0 saturated heterocycles. The van der Waals surface area contributed by atoms with Gasteiger partial charge in [-0.15, -0.1) is 0 Å². The first-order valence-corrected chi connectivity index (χ1v) is 10.4. The molecule has 1 saturated carbocycles. The van der Waals surface area contributed by atoms with Gasteiger partial charge >= 0.3 is 5.63 Å². The fourth-order valence-corrected chi connectivity index (χ4v) is 5.71. The summed E-state index contributed by atoms with van der Waals surface area (Å²) in [5.41, 5.74) is 0.879. The summed E-state index contributed by atoms with van der Waals surface area (Å²) in [6.07, 6.45) is 4.22. The summed E-state index contributed by atoms with van der Waals surface area (Å²) in [5, 5.41) is 21.6. The van der Waals surface area contributed by atoms with Crippen LogP contribution in [-0.4, -0.2) is 29.5 Å². The molecule has 29 heavy (non-hydrogen) atoms. The van der Waals surface area contributed by atoms with Gasteiger partial charge in [-0.25, -0.2) is 4.79 Å². The molecule has 1 aromatic heterocycles. The summed E-state index contributed by atoms with van der Waals surface area (Å²) in [6, 6.07) is 8.71. The number of aliphatic hydroxyl groups excluding tert-OH is 2. The molecule has 5 heteroatoms. The number of rotatable bonds is 4. The average Bonchev–Trinajstić information content (AvgIpc) is 2.70. The van der Waals surface area contributed by atoms with Crippen LogP contribution in [0.1, 0.15) is 40.0 Å². The Morgan fingerprint density at radius 2 is 2.00 bits per heavy atom. The van der Waals surface area contributed by atoms with E-state index in [-0.39, 0.29) is 29.5 Å². The van der Waals surface area contributed by atoms with Crippen LogP contribution >= 0.6 is 0 Å². The molecule has 5 nitrogen and oxygen atoms in total. The second-order valence-electron chi connectivity index (χ2n) is 9.28. The number of hydrogen-bond acceptors (Lipinski definition) is 5. The fourth-order valence-electron chi connectivity index (χ4n) is 5.71. The number of aliphatic hydroxyl groups is 2. The third kappa shape index (κ3) is 3.30. The molecule has 156 valence electrons. The van der Waals surface area contributed by atoms with Crippen LogP contribution in [0.3, 0.4) is 0 Å². The molecule has 0 bridgehead atoms. The smallest absolute Gasteiger partial charge is 0.336 e. The van der Waals surface area contributed by atoms with Crippen LogP contribution in [0.4, 0.5) is 0 Å². The molecule has 1 heterocycles. The molecule has 0 aliphatic heterocycles. The molecular formula is C24H30O5. The number of allylic oxidation sites excluding steroid dienone is 1. The van der Waals surface area contributed by atoms with Crippen LogP contribution in [0, 0.1) is 22.7 Å². The highest BCUT2D eigenvalue weighted by Crippen LogP contribution is 2.59. The minimum atomic E-state index is -0.505. The van der Waals surface area contributed by atoms with Crippen molar-refractivity contribution in [3.8, 4) is 5.75 Å². The summed E-state index contributed by atoms with van der Waals surface area (Å²) in [6.45, 7) is 6.93. The van der Waals surface area contributed by atoms with Gasteiger partial charge < -0.3 is 19.4 Å². The second kappa shape index (κ2) is 7.29. The maximum atomic E-state index is 11.5. The monoisotopic (exact) mass is 398 g/mol. The zero-order valence-corrected chi connectivity index (χ0v) is 17.4. The van der Waals surface area contributed by atoms with Crippen molar-refractivity contribution in [2.24, 2.45) is 22.7 Å². The van der Waals surface area contributed by atoms with Crippen molar-refractivity contribution in [3.63, 3.8) is 0 Å². The predicted molar refractivity (Wildman–Crippen MR) is 112 cm³/mol. The number of hydrogen-bond donors (Lipinski definition) is 2. The van der Waals surface area contributed by atoms with Crippen molar-refractivity contribution >= 4 is 11.0 Å². The summed E-state index contributed by atoms with van der Waals surface area (Å²) in [5.74, 6) is 1.06. The Morgan fingerprint density at radius 1 is 1.24 bits per heavy atom. The van der Waals surface area contributed by atoms with E-state index in [4.69, 9.17) is 9.15 Å².